The van der Waals surface area contributed by atoms with Crippen molar-refractivity contribution in [1.29, 1.82) is 0 Å². The van der Waals surface area contributed by atoms with Crippen molar-refractivity contribution >= 4 is 17.0 Å². The largest absolute Gasteiger partial charge is 0.482 e. The Morgan fingerprint density at radius 3 is 3.00 bits per heavy atom. The van der Waals surface area contributed by atoms with Gasteiger partial charge in [0, 0.05) is 0 Å². The molecular formula is C6H8O5S. The van der Waals surface area contributed by atoms with Crippen molar-refractivity contribution in [3.05, 3.63) is 11.2 Å². The zero-order valence-corrected chi connectivity index (χ0v) is 7.17. The van der Waals surface area contributed by atoms with E-state index in [2.05, 4.69) is 4.74 Å². The maximum Gasteiger partial charge on any atom is 0.316 e. The quantitative estimate of drug-likeness (QED) is 0.487. The first-order valence-corrected chi connectivity index (χ1v) is 4.29. The zero-order valence-electron chi connectivity index (χ0n) is 6.35. The van der Waals surface area contributed by atoms with Gasteiger partial charge in [0.05, 0.1) is 7.11 Å². The molecule has 68 valence electrons. The molecule has 1 aliphatic heterocycles. The van der Waals surface area contributed by atoms with Crippen LogP contribution in [0.5, 0.6) is 0 Å². The third-order valence-electron chi connectivity index (χ3n) is 1.42. The number of carbonyl (C=O) groups is 1. The second-order valence-corrected chi connectivity index (χ2v) is 3.08. The Hall–Kier alpha value is -0.880. The SMILES string of the molecule is COC(=O)C1C=C(S(=O)O)OC1. The number of methoxy groups -OCH3 is 1. The highest BCUT2D eigenvalue weighted by atomic mass is 32.2. The summed E-state index contributed by atoms with van der Waals surface area (Å²) in [4.78, 5) is 10.9. The van der Waals surface area contributed by atoms with Crippen molar-refractivity contribution in [1.82, 2.24) is 0 Å². The molecular weight excluding hydrogens is 184 g/mol. The monoisotopic (exact) mass is 192 g/mol. The first kappa shape index (κ1) is 9.21. The fourth-order valence-corrected chi connectivity index (χ4v) is 1.28. The Labute approximate surface area is 71.6 Å². The molecule has 1 rings (SSSR count). The molecule has 0 aromatic rings. The van der Waals surface area contributed by atoms with Crippen LogP contribution in [0.25, 0.3) is 0 Å². The smallest absolute Gasteiger partial charge is 0.316 e. The van der Waals surface area contributed by atoms with E-state index in [0.717, 1.165) is 0 Å². The molecule has 0 aliphatic carbocycles. The van der Waals surface area contributed by atoms with Crippen LogP contribution in [0.1, 0.15) is 0 Å². The number of carbonyl (C=O) groups excluding carboxylic acids is 1. The minimum atomic E-state index is -2.15. The van der Waals surface area contributed by atoms with Crippen molar-refractivity contribution < 1.29 is 23.0 Å². The molecule has 0 fully saturated rings. The first-order valence-electron chi connectivity index (χ1n) is 3.18. The number of ether oxygens (including phenoxy) is 2. The number of hydrogen-bond donors (Lipinski definition) is 1. The van der Waals surface area contributed by atoms with Crippen LogP contribution in [-0.4, -0.2) is 28.4 Å². The molecule has 2 atom stereocenters. The van der Waals surface area contributed by atoms with E-state index in [-0.39, 0.29) is 11.7 Å². The van der Waals surface area contributed by atoms with E-state index in [4.69, 9.17) is 9.29 Å². The van der Waals surface area contributed by atoms with Gasteiger partial charge in [-0.05, 0) is 6.08 Å². The molecule has 1 N–H and O–H groups in total. The predicted octanol–water partition coefficient (Wildman–Crippen LogP) is -0.131. The highest BCUT2D eigenvalue weighted by molar-refractivity contribution is 7.83. The number of esters is 1. The summed E-state index contributed by atoms with van der Waals surface area (Å²) in [6.45, 7) is 0.0777. The normalized spacial score (nSPS) is 24.2. The number of hydrogen-bond acceptors (Lipinski definition) is 4. The Kier molecular flexibility index (Phi) is 2.83. The van der Waals surface area contributed by atoms with Crippen LogP contribution < -0.4 is 0 Å². The van der Waals surface area contributed by atoms with E-state index in [1.54, 1.807) is 0 Å². The lowest BCUT2D eigenvalue weighted by Gasteiger charge is -2.01. The maximum atomic E-state index is 10.9. The van der Waals surface area contributed by atoms with Crippen LogP contribution in [0.2, 0.25) is 0 Å². The third kappa shape index (κ3) is 1.83. The van der Waals surface area contributed by atoms with Gasteiger partial charge in [0.25, 0.3) is 0 Å². The average molecular weight is 192 g/mol. The van der Waals surface area contributed by atoms with Gasteiger partial charge in [0.1, 0.15) is 12.5 Å². The topological polar surface area (TPSA) is 72.8 Å². The van der Waals surface area contributed by atoms with Crippen LogP contribution in [0.4, 0.5) is 0 Å². The van der Waals surface area contributed by atoms with Gasteiger partial charge in [-0.1, -0.05) is 0 Å². The van der Waals surface area contributed by atoms with E-state index in [1.165, 1.54) is 13.2 Å². The minimum Gasteiger partial charge on any atom is -0.482 e. The van der Waals surface area contributed by atoms with Gasteiger partial charge in [-0.3, -0.25) is 9.35 Å². The van der Waals surface area contributed by atoms with E-state index < -0.39 is 23.0 Å². The summed E-state index contributed by atoms with van der Waals surface area (Å²) >= 11 is -2.15. The average Bonchev–Trinajstić information content (AvgIpc) is 2.51. The molecule has 0 aromatic carbocycles. The zero-order chi connectivity index (χ0) is 9.14. The van der Waals surface area contributed by atoms with Crippen molar-refractivity contribution in [3.63, 3.8) is 0 Å². The number of rotatable bonds is 2. The fraction of sp³-hybridized carbons (Fsp3) is 0.500. The van der Waals surface area contributed by atoms with Gasteiger partial charge < -0.3 is 9.47 Å². The van der Waals surface area contributed by atoms with Gasteiger partial charge in [0.15, 0.2) is 0 Å². The summed E-state index contributed by atoms with van der Waals surface area (Å²) in [6.07, 6.45) is 1.29. The third-order valence-corrected chi connectivity index (χ3v) is 2.02. The Morgan fingerprint density at radius 1 is 1.92 bits per heavy atom. The van der Waals surface area contributed by atoms with Gasteiger partial charge in [-0.25, -0.2) is 4.21 Å². The molecule has 1 heterocycles. The maximum absolute atomic E-state index is 10.9. The molecule has 0 saturated heterocycles. The summed E-state index contributed by atoms with van der Waals surface area (Å²) in [5.74, 6) is -1.02. The molecule has 0 amide bonds. The van der Waals surface area contributed by atoms with Crippen LogP contribution in [0.3, 0.4) is 0 Å². The van der Waals surface area contributed by atoms with Gasteiger partial charge in [0.2, 0.25) is 16.2 Å². The molecule has 12 heavy (non-hydrogen) atoms. The van der Waals surface area contributed by atoms with Gasteiger partial charge in [-0.15, -0.1) is 0 Å². The van der Waals surface area contributed by atoms with Crippen molar-refractivity contribution in [2.75, 3.05) is 13.7 Å². The van der Waals surface area contributed by atoms with Crippen molar-refractivity contribution in [3.8, 4) is 0 Å². The second kappa shape index (κ2) is 3.68. The summed E-state index contributed by atoms with van der Waals surface area (Å²) in [5.41, 5.74) is 0. The molecule has 0 bridgehead atoms. The second-order valence-electron chi connectivity index (χ2n) is 2.18. The Morgan fingerprint density at radius 2 is 2.58 bits per heavy atom. The predicted molar refractivity (Wildman–Crippen MR) is 40.3 cm³/mol. The first-order chi connectivity index (χ1) is 5.65. The Balaban J connectivity index is 2.64. The van der Waals surface area contributed by atoms with E-state index in [9.17, 15) is 9.00 Å². The lowest BCUT2D eigenvalue weighted by atomic mass is 10.2. The molecule has 6 heteroatoms. The highest BCUT2D eigenvalue weighted by Crippen LogP contribution is 2.18. The van der Waals surface area contributed by atoms with Gasteiger partial charge in [-0.2, -0.15) is 0 Å². The molecule has 2 unspecified atom stereocenters. The lowest BCUT2D eigenvalue weighted by molar-refractivity contribution is -0.144. The van der Waals surface area contributed by atoms with E-state index >= 15 is 0 Å². The lowest BCUT2D eigenvalue weighted by Crippen LogP contribution is -2.14. The summed E-state index contributed by atoms with van der Waals surface area (Å²) in [7, 11) is 1.25. The van der Waals surface area contributed by atoms with E-state index in [1.807, 2.05) is 0 Å². The molecule has 5 nitrogen and oxygen atoms in total. The van der Waals surface area contributed by atoms with Gasteiger partial charge >= 0.3 is 5.97 Å². The minimum absolute atomic E-state index is 0.0777. The van der Waals surface area contributed by atoms with Crippen LogP contribution >= 0.6 is 0 Å². The molecule has 0 spiro atoms. The summed E-state index contributed by atoms with van der Waals surface area (Å²) < 4.78 is 28.2. The van der Waals surface area contributed by atoms with Crippen LogP contribution in [-0.2, 0) is 25.3 Å². The molecule has 0 aromatic heterocycles. The van der Waals surface area contributed by atoms with E-state index in [0.29, 0.717) is 0 Å². The molecule has 1 aliphatic rings. The van der Waals surface area contributed by atoms with Crippen molar-refractivity contribution in [2.24, 2.45) is 5.92 Å². The molecule has 0 radical (unpaired) electrons. The fourth-order valence-electron chi connectivity index (χ4n) is 0.828. The summed E-state index contributed by atoms with van der Waals surface area (Å²) in [5, 5.41) is -0.0783. The summed E-state index contributed by atoms with van der Waals surface area (Å²) in [6, 6.07) is 0. The highest BCUT2D eigenvalue weighted by Gasteiger charge is 2.27. The van der Waals surface area contributed by atoms with Crippen molar-refractivity contribution in [2.45, 2.75) is 0 Å². The molecule has 0 saturated carbocycles. The van der Waals surface area contributed by atoms with Crippen LogP contribution in [0.15, 0.2) is 11.2 Å². The Bertz CT molecular complexity index is 246. The standard InChI is InChI=1S/C6H8O5S/c1-10-6(7)4-2-5(11-3-4)12(8)9/h2,4H,3H2,1H3,(H,8,9). The van der Waals surface area contributed by atoms with Crippen LogP contribution in [0, 0.1) is 5.92 Å².